The number of benzene rings is 2. The van der Waals surface area contributed by atoms with Crippen LogP contribution in [0.4, 0.5) is 0 Å². The summed E-state index contributed by atoms with van der Waals surface area (Å²) in [5, 5.41) is 0.511. The molecule has 0 aromatic heterocycles. The summed E-state index contributed by atoms with van der Waals surface area (Å²) in [5.74, 6) is 0. The maximum Gasteiger partial charge on any atom is 0.243 e. The molecule has 2 atom stereocenters. The van der Waals surface area contributed by atoms with Crippen LogP contribution in [0.5, 0.6) is 0 Å². The van der Waals surface area contributed by atoms with Gasteiger partial charge in [0.05, 0.1) is 17.6 Å². The van der Waals surface area contributed by atoms with Crippen molar-refractivity contribution in [2.75, 3.05) is 13.2 Å². The van der Waals surface area contributed by atoms with Crippen molar-refractivity contribution >= 4 is 21.6 Å². The molecule has 0 N–H and O–H groups in total. The topological polar surface area (TPSA) is 49.9 Å². The molecular weight excluding hydrogens is 334 g/mol. The number of ether oxygens (including phenoxy) is 1. The summed E-state index contributed by atoms with van der Waals surface area (Å²) in [4.78, 5) is 0.241. The Morgan fingerprint density at radius 2 is 1.78 bits per heavy atom. The zero-order chi connectivity index (χ0) is 16.4. The van der Waals surface area contributed by atoms with Crippen molar-refractivity contribution in [3.63, 3.8) is 0 Å². The van der Waals surface area contributed by atoms with Gasteiger partial charge in [-0.3, -0.25) is 0 Å². The summed E-state index contributed by atoms with van der Waals surface area (Å²) >= 11 is 5.87. The van der Waals surface area contributed by atoms with Gasteiger partial charge >= 0.3 is 0 Å². The smallest absolute Gasteiger partial charge is 0.243 e. The second kappa shape index (κ2) is 6.61. The standard InChI is InChI=1S/C17H18ClNO3S/c1-13(14-5-3-2-4-6-14)19(11-16-12-22-16)23(20,21)17-9-7-15(18)8-10-17/h2-10,13,16H,11-12H2,1H3. The Morgan fingerprint density at radius 1 is 1.17 bits per heavy atom. The van der Waals surface area contributed by atoms with Gasteiger partial charge in [-0.1, -0.05) is 41.9 Å². The quantitative estimate of drug-likeness (QED) is 0.748. The van der Waals surface area contributed by atoms with Crippen molar-refractivity contribution in [2.24, 2.45) is 0 Å². The predicted octanol–water partition coefficient (Wildman–Crippen LogP) is 3.49. The van der Waals surface area contributed by atoms with Gasteiger partial charge in [0.25, 0.3) is 0 Å². The molecule has 0 aliphatic carbocycles. The van der Waals surface area contributed by atoms with Crippen LogP contribution in [0.2, 0.25) is 5.02 Å². The molecule has 2 unspecified atom stereocenters. The van der Waals surface area contributed by atoms with E-state index in [0.29, 0.717) is 18.2 Å². The molecule has 3 rings (SSSR count). The molecule has 1 fully saturated rings. The van der Waals surface area contributed by atoms with Gasteiger partial charge < -0.3 is 4.74 Å². The summed E-state index contributed by atoms with van der Waals surface area (Å²) in [6, 6.07) is 15.6. The zero-order valence-electron chi connectivity index (χ0n) is 12.7. The summed E-state index contributed by atoms with van der Waals surface area (Å²) in [5.41, 5.74) is 0.950. The molecule has 4 nitrogen and oxygen atoms in total. The third kappa shape index (κ3) is 3.75. The molecule has 0 saturated carbocycles. The van der Waals surface area contributed by atoms with Crippen molar-refractivity contribution in [1.29, 1.82) is 0 Å². The predicted molar refractivity (Wildman–Crippen MR) is 89.9 cm³/mol. The maximum atomic E-state index is 13.0. The largest absolute Gasteiger partial charge is 0.372 e. The average molecular weight is 352 g/mol. The van der Waals surface area contributed by atoms with Crippen molar-refractivity contribution < 1.29 is 13.2 Å². The van der Waals surface area contributed by atoms with Gasteiger partial charge in [-0.2, -0.15) is 4.31 Å². The SMILES string of the molecule is CC(c1ccccc1)N(CC1CO1)S(=O)(=O)c1ccc(Cl)cc1. The molecule has 1 heterocycles. The molecule has 6 heteroatoms. The molecular formula is C17H18ClNO3S. The first kappa shape index (κ1) is 16.5. The van der Waals surface area contributed by atoms with Gasteiger partial charge in [0, 0.05) is 17.6 Å². The number of hydrogen-bond donors (Lipinski definition) is 0. The van der Waals surface area contributed by atoms with E-state index in [1.165, 1.54) is 16.4 Å². The Labute approximate surface area is 141 Å². The molecule has 1 aliphatic rings. The van der Waals surface area contributed by atoms with Crippen molar-refractivity contribution in [2.45, 2.75) is 24.0 Å². The monoisotopic (exact) mass is 351 g/mol. The molecule has 1 aliphatic heterocycles. The molecule has 23 heavy (non-hydrogen) atoms. The Morgan fingerprint density at radius 3 is 2.35 bits per heavy atom. The number of hydrogen-bond acceptors (Lipinski definition) is 3. The Kier molecular flexibility index (Phi) is 4.73. The summed E-state index contributed by atoms with van der Waals surface area (Å²) < 4.78 is 32.8. The number of sulfonamides is 1. The van der Waals surface area contributed by atoms with Gasteiger partial charge in [-0.15, -0.1) is 0 Å². The second-order valence-corrected chi connectivity index (χ2v) is 7.90. The normalized spacial score (nSPS) is 18.8. The highest BCUT2D eigenvalue weighted by Crippen LogP contribution is 2.30. The van der Waals surface area contributed by atoms with E-state index in [0.717, 1.165) is 5.56 Å². The molecule has 0 radical (unpaired) electrons. The fourth-order valence-corrected chi connectivity index (χ4v) is 4.26. The van der Waals surface area contributed by atoms with Gasteiger partial charge in [0.15, 0.2) is 0 Å². The highest BCUT2D eigenvalue weighted by Gasteiger charge is 2.36. The molecule has 0 bridgehead atoms. The van der Waals surface area contributed by atoms with E-state index in [2.05, 4.69) is 0 Å². The highest BCUT2D eigenvalue weighted by atomic mass is 35.5. The molecule has 2 aromatic rings. The Hall–Kier alpha value is -1.40. The van der Waals surface area contributed by atoms with E-state index in [9.17, 15) is 8.42 Å². The zero-order valence-corrected chi connectivity index (χ0v) is 14.3. The average Bonchev–Trinajstić information content (AvgIpc) is 3.37. The minimum Gasteiger partial charge on any atom is -0.372 e. The summed E-state index contributed by atoms with van der Waals surface area (Å²) in [6.07, 6.45) is -0.0248. The van der Waals surface area contributed by atoms with E-state index in [1.54, 1.807) is 12.1 Å². The van der Waals surface area contributed by atoms with Crippen LogP contribution in [0.3, 0.4) is 0 Å². The van der Waals surface area contributed by atoms with E-state index < -0.39 is 10.0 Å². The third-order valence-electron chi connectivity index (χ3n) is 3.92. The lowest BCUT2D eigenvalue weighted by molar-refractivity contribution is 0.295. The number of halogens is 1. The first-order chi connectivity index (χ1) is 11.0. The van der Waals surface area contributed by atoms with Crippen molar-refractivity contribution in [3.8, 4) is 0 Å². The van der Waals surface area contributed by atoms with E-state index in [-0.39, 0.29) is 17.0 Å². The minimum atomic E-state index is -3.63. The first-order valence-electron chi connectivity index (χ1n) is 7.42. The van der Waals surface area contributed by atoms with Crippen LogP contribution in [0.25, 0.3) is 0 Å². The molecule has 0 amide bonds. The lowest BCUT2D eigenvalue weighted by atomic mass is 10.1. The third-order valence-corrected chi connectivity index (χ3v) is 6.12. The Bertz CT molecular complexity index is 758. The van der Waals surface area contributed by atoms with Crippen LogP contribution >= 0.6 is 11.6 Å². The lowest BCUT2D eigenvalue weighted by Gasteiger charge is -2.28. The van der Waals surface area contributed by atoms with Gasteiger partial charge in [-0.05, 0) is 36.8 Å². The van der Waals surface area contributed by atoms with Crippen LogP contribution in [0, 0.1) is 0 Å². The summed E-state index contributed by atoms with van der Waals surface area (Å²) in [7, 11) is -3.63. The maximum absolute atomic E-state index is 13.0. The van der Waals surface area contributed by atoms with E-state index in [1.807, 2.05) is 37.3 Å². The van der Waals surface area contributed by atoms with Crippen molar-refractivity contribution in [3.05, 3.63) is 65.2 Å². The Balaban J connectivity index is 1.96. The van der Waals surface area contributed by atoms with E-state index >= 15 is 0 Å². The molecule has 2 aromatic carbocycles. The van der Waals surface area contributed by atoms with Crippen LogP contribution in [-0.2, 0) is 14.8 Å². The first-order valence-corrected chi connectivity index (χ1v) is 9.24. The molecule has 1 saturated heterocycles. The highest BCUT2D eigenvalue weighted by molar-refractivity contribution is 7.89. The summed E-state index contributed by atoms with van der Waals surface area (Å²) in [6.45, 7) is 2.85. The number of rotatable bonds is 6. The lowest BCUT2D eigenvalue weighted by Crippen LogP contribution is -2.36. The minimum absolute atomic E-state index is 0.0248. The fourth-order valence-electron chi connectivity index (χ4n) is 2.48. The number of nitrogens with zero attached hydrogens (tertiary/aromatic N) is 1. The van der Waals surface area contributed by atoms with Gasteiger partial charge in [0.2, 0.25) is 10.0 Å². The molecule has 122 valence electrons. The number of epoxide rings is 1. The van der Waals surface area contributed by atoms with Gasteiger partial charge in [0.1, 0.15) is 0 Å². The molecule has 0 spiro atoms. The van der Waals surface area contributed by atoms with Crippen LogP contribution in [0.15, 0.2) is 59.5 Å². The van der Waals surface area contributed by atoms with Crippen LogP contribution < -0.4 is 0 Å². The van der Waals surface area contributed by atoms with Crippen LogP contribution in [-0.4, -0.2) is 32.0 Å². The van der Waals surface area contributed by atoms with Crippen LogP contribution in [0.1, 0.15) is 18.5 Å². The van der Waals surface area contributed by atoms with Crippen molar-refractivity contribution in [1.82, 2.24) is 4.31 Å². The second-order valence-electron chi connectivity index (χ2n) is 5.57. The van der Waals surface area contributed by atoms with E-state index in [4.69, 9.17) is 16.3 Å². The van der Waals surface area contributed by atoms with Gasteiger partial charge in [-0.25, -0.2) is 8.42 Å². The fraction of sp³-hybridized carbons (Fsp3) is 0.294.